The van der Waals surface area contributed by atoms with Crippen molar-refractivity contribution in [2.75, 3.05) is 11.5 Å². The molecule has 0 saturated heterocycles. The molecule has 0 atom stereocenters. The van der Waals surface area contributed by atoms with Crippen molar-refractivity contribution in [1.82, 2.24) is 9.97 Å². The van der Waals surface area contributed by atoms with E-state index in [-0.39, 0.29) is 0 Å². The number of aromatic nitrogens is 2. The summed E-state index contributed by atoms with van der Waals surface area (Å²) in [6.45, 7) is 0. The topological polar surface area (TPSA) is 75.6 Å². The highest BCUT2D eigenvalue weighted by molar-refractivity contribution is 7.99. The lowest BCUT2D eigenvalue weighted by atomic mass is 10.2. The van der Waals surface area contributed by atoms with Crippen molar-refractivity contribution in [2.45, 2.75) is 11.6 Å². The maximum atomic E-state index is 8.44. The van der Waals surface area contributed by atoms with Gasteiger partial charge < -0.3 is 5.73 Å². The van der Waals surface area contributed by atoms with Crippen LogP contribution in [0.5, 0.6) is 0 Å². The molecule has 0 radical (unpaired) electrons. The van der Waals surface area contributed by atoms with Crippen molar-refractivity contribution in [2.24, 2.45) is 0 Å². The predicted octanol–water partition coefficient (Wildman–Crippen LogP) is 2.22. The van der Waals surface area contributed by atoms with E-state index in [0.717, 1.165) is 10.9 Å². The molecule has 0 aliphatic carbocycles. The summed E-state index contributed by atoms with van der Waals surface area (Å²) >= 11 is 1.45. The van der Waals surface area contributed by atoms with E-state index in [1.54, 1.807) is 0 Å². The quantitative estimate of drug-likeness (QED) is 0.497. The third kappa shape index (κ3) is 2.23. The van der Waals surface area contributed by atoms with Crippen LogP contribution in [0, 0.1) is 11.3 Å². The molecule has 4 nitrogen and oxygen atoms in total. The van der Waals surface area contributed by atoms with Gasteiger partial charge >= 0.3 is 0 Å². The number of anilines is 1. The van der Waals surface area contributed by atoms with Gasteiger partial charge in [-0.2, -0.15) is 5.26 Å². The highest BCUT2D eigenvalue weighted by atomic mass is 32.2. The number of para-hydroxylation sites is 1. The zero-order valence-electron chi connectivity index (χ0n) is 8.55. The summed E-state index contributed by atoms with van der Waals surface area (Å²) in [4.78, 5) is 8.56. The molecule has 0 amide bonds. The summed E-state index contributed by atoms with van der Waals surface area (Å²) in [5.74, 6) is 1.18. The molecule has 5 heteroatoms. The van der Waals surface area contributed by atoms with Gasteiger partial charge in [0, 0.05) is 17.6 Å². The number of rotatable bonds is 3. The fraction of sp³-hybridized carbons (Fsp3) is 0.182. The lowest BCUT2D eigenvalue weighted by Crippen LogP contribution is -1.97. The normalized spacial score (nSPS) is 10.2. The number of hydrogen-bond donors (Lipinski definition) is 1. The summed E-state index contributed by atoms with van der Waals surface area (Å²) in [6, 6.07) is 9.71. The number of nitrogen functional groups attached to an aromatic ring is 1. The van der Waals surface area contributed by atoms with Gasteiger partial charge in [-0.25, -0.2) is 9.97 Å². The molecule has 1 heterocycles. The van der Waals surface area contributed by atoms with Crippen molar-refractivity contribution in [3.05, 3.63) is 24.3 Å². The van der Waals surface area contributed by atoms with E-state index in [0.29, 0.717) is 23.1 Å². The number of nitrogens with two attached hydrogens (primary N) is 1. The highest BCUT2D eigenvalue weighted by Crippen LogP contribution is 2.22. The Hall–Kier alpha value is -1.80. The van der Waals surface area contributed by atoms with E-state index in [2.05, 4.69) is 16.0 Å². The molecule has 80 valence electrons. The van der Waals surface area contributed by atoms with Crippen molar-refractivity contribution in [1.29, 1.82) is 5.26 Å². The molecule has 0 aliphatic rings. The first-order valence-corrected chi connectivity index (χ1v) is 5.82. The maximum absolute atomic E-state index is 8.44. The molecule has 1 aromatic heterocycles. The minimum absolute atomic E-state index is 0.487. The first-order valence-electron chi connectivity index (χ1n) is 4.83. The number of nitriles is 1. The van der Waals surface area contributed by atoms with Crippen LogP contribution in [0.1, 0.15) is 6.42 Å². The monoisotopic (exact) mass is 230 g/mol. The standard InChI is InChI=1S/C11H10N4S/c12-6-3-7-16-11-14-9-5-2-1-4-8(9)10(13)15-11/h1-2,4-5H,3,7H2,(H2,13,14,15). The number of hydrogen-bond acceptors (Lipinski definition) is 5. The summed E-state index contributed by atoms with van der Waals surface area (Å²) in [7, 11) is 0. The zero-order chi connectivity index (χ0) is 11.4. The van der Waals surface area contributed by atoms with Gasteiger partial charge in [0.15, 0.2) is 5.16 Å². The van der Waals surface area contributed by atoms with Crippen molar-refractivity contribution >= 4 is 28.5 Å². The van der Waals surface area contributed by atoms with Gasteiger partial charge in [-0.3, -0.25) is 0 Å². The van der Waals surface area contributed by atoms with Crippen LogP contribution in [0.4, 0.5) is 5.82 Å². The Labute approximate surface area is 97.5 Å². The van der Waals surface area contributed by atoms with Crippen molar-refractivity contribution < 1.29 is 0 Å². The lowest BCUT2D eigenvalue weighted by molar-refractivity contribution is 1.01. The molecular formula is C11H10N4S. The van der Waals surface area contributed by atoms with Crippen LogP contribution in [0.3, 0.4) is 0 Å². The summed E-state index contributed by atoms with van der Waals surface area (Å²) < 4.78 is 0. The van der Waals surface area contributed by atoms with E-state index in [1.807, 2.05) is 24.3 Å². The molecule has 0 bridgehead atoms. The van der Waals surface area contributed by atoms with Crippen LogP contribution in [-0.4, -0.2) is 15.7 Å². The summed E-state index contributed by atoms with van der Waals surface area (Å²) in [5.41, 5.74) is 6.67. The number of fused-ring (bicyclic) bond motifs is 1. The lowest BCUT2D eigenvalue weighted by Gasteiger charge is -2.03. The fourth-order valence-corrected chi connectivity index (χ4v) is 2.03. The average molecular weight is 230 g/mol. The Bertz CT molecular complexity index is 547. The second-order valence-corrected chi connectivity index (χ2v) is 4.23. The molecule has 0 spiro atoms. The van der Waals surface area contributed by atoms with E-state index in [1.165, 1.54) is 11.8 Å². The molecule has 2 rings (SSSR count). The van der Waals surface area contributed by atoms with Crippen molar-refractivity contribution in [3.8, 4) is 6.07 Å². The zero-order valence-corrected chi connectivity index (χ0v) is 9.37. The second kappa shape index (κ2) is 4.81. The molecule has 0 aliphatic heterocycles. The maximum Gasteiger partial charge on any atom is 0.190 e. The third-order valence-electron chi connectivity index (χ3n) is 2.06. The SMILES string of the molecule is N#CCCSc1nc(N)c2ccccc2n1. The van der Waals surface area contributed by atoms with Crippen LogP contribution < -0.4 is 5.73 Å². The molecule has 2 N–H and O–H groups in total. The summed E-state index contributed by atoms with van der Waals surface area (Å²) in [5, 5.41) is 9.94. The Kier molecular flexibility index (Phi) is 3.22. The van der Waals surface area contributed by atoms with Gasteiger partial charge in [-0.15, -0.1) is 0 Å². The number of benzene rings is 1. The Morgan fingerprint density at radius 3 is 2.94 bits per heavy atom. The smallest absolute Gasteiger partial charge is 0.190 e. The number of thioether (sulfide) groups is 1. The van der Waals surface area contributed by atoms with Gasteiger partial charge in [-0.05, 0) is 12.1 Å². The molecular weight excluding hydrogens is 220 g/mol. The van der Waals surface area contributed by atoms with Gasteiger partial charge in [0.05, 0.1) is 11.6 Å². The Balaban J connectivity index is 2.31. The van der Waals surface area contributed by atoms with E-state index in [4.69, 9.17) is 11.0 Å². The fourth-order valence-electron chi connectivity index (χ4n) is 1.33. The largest absolute Gasteiger partial charge is 0.383 e. The van der Waals surface area contributed by atoms with Gasteiger partial charge in [0.1, 0.15) is 5.82 Å². The summed E-state index contributed by atoms with van der Waals surface area (Å²) in [6.07, 6.45) is 0.487. The molecule has 2 aromatic rings. The van der Waals surface area contributed by atoms with Gasteiger partial charge in [0.25, 0.3) is 0 Å². The van der Waals surface area contributed by atoms with Crippen LogP contribution in [0.2, 0.25) is 0 Å². The predicted molar refractivity (Wildman–Crippen MR) is 64.9 cm³/mol. The Morgan fingerprint density at radius 2 is 2.12 bits per heavy atom. The molecule has 0 fully saturated rings. The van der Waals surface area contributed by atoms with E-state index >= 15 is 0 Å². The van der Waals surface area contributed by atoms with Gasteiger partial charge in [0.2, 0.25) is 0 Å². The Morgan fingerprint density at radius 1 is 1.31 bits per heavy atom. The highest BCUT2D eigenvalue weighted by Gasteiger charge is 2.04. The first-order chi connectivity index (χ1) is 7.81. The molecule has 0 unspecified atom stereocenters. The minimum Gasteiger partial charge on any atom is -0.383 e. The van der Waals surface area contributed by atoms with Crippen molar-refractivity contribution in [3.63, 3.8) is 0 Å². The third-order valence-corrected chi connectivity index (χ3v) is 2.91. The molecule has 16 heavy (non-hydrogen) atoms. The van der Waals surface area contributed by atoms with E-state index in [9.17, 15) is 0 Å². The van der Waals surface area contributed by atoms with Crippen LogP contribution in [-0.2, 0) is 0 Å². The second-order valence-electron chi connectivity index (χ2n) is 3.17. The number of nitrogens with zero attached hydrogens (tertiary/aromatic N) is 3. The van der Waals surface area contributed by atoms with Gasteiger partial charge in [-0.1, -0.05) is 23.9 Å². The van der Waals surface area contributed by atoms with E-state index < -0.39 is 0 Å². The first kappa shape index (κ1) is 10.7. The van der Waals surface area contributed by atoms with Crippen LogP contribution in [0.15, 0.2) is 29.4 Å². The van der Waals surface area contributed by atoms with Crippen LogP contribution in [0.25, 0.3) is 10.9 Å². The molecule has 0 saturated carbocycles. The average Bonchev–Trinajstić information content (AvgIpc) is 2.30. The minimum atomic E-state index is 0.487. The van der Waals surface area contributed by atoms with Crippen LogP contribution >= 0.6 is 11.8 Å². The molecule has 1 aromatic carbocycles.